The van der Waals surface area contributed by atoms with E-state index < -0.39 is 31.7 Å². The highest BCUT2D eigenvalue weighted by Crippen LogP contribution is 2.40. The number of rotatable bonds is 5. The van der Waals surface area contributed by atoms with Crippen LogP contribution in [0.2, 0.25) is 5.02 Å². The Balaban J connectivity index is 1.76. The van der Waals surface area contributed by atoms with Crippen molar-refractivity contribution in [3.05, 3.63) is 64.7 Å². The van der Waals surface area contributed by atoms with Crippen LogP contribution in [0.15, 0.2) is 53.4 Å². The van der Waals surface area contributed by atoms with Crippen molar-refractivity contribution >= 4 is 27.3 Å². The van der Waals surface area contributed by atoms with Crippen LogP contribution in [-0.2, 0) is 26.2 Å². The summed E-state index contributed by atoms with van der Waals surface area (Å²) < 4.78 is 64.8. The summed E-state index contributed by atoms with van der Waals surface area (Å²) in [5, 5.41) is 0.581. The molecule has 1 aliphatic heterocycles. The first-order valence-electron chi connectivity index (χ1n) is 11.1. The van der Waals surface area contributed by atoms with Crippen molar-refractivity contribution in [1.29, 1.82) is 0 Å². The summed E-state index contributed by atoms with van der Waals surface area (Å²) in [4.78, 5) is 14.7. The molecule has 1 amide bonds. The molecule has 2 aromatic carbocycles. The van der Waals surface area contributed by atoms with Gasteiger partial charge in [-0.15, -0.1) is 0 Å². The highest BCUT2D eigenvalue weighted by Gasteiger charge is 2.46. The van der Waals surface area contributed by atoms with Crippen LogP contribution in [0.3, 0.4) is 0 Å². The third-order valence-electron chi connectivity index (χ3n) is 7.03. The highest BCUT2D eigenvalue weighted by atomic mass is 35.5. The van der Waals surface area contributed by atoms with Crippen molar-refractivity contribution < 1.29 is 26.4 Å². The Morgan fingerprint density at radius 3 is 2.03 bits per heavy atom. The summed E-state index contributed by atoms with van der Waals surface area (Å²) in [5.74, 6) is -0.374. The number of piperidine rings is 1. The second-order valence-corrected chi connectivity index (χ2v) is 12.8. The molecule has 0 aromatic heterocycles. The first-order chi connectivity index (χ1) is 15.6. The third kappa shape index (κ3) is 4.98. The summed E-state index contributed by atoms with van der Waals surface area (Å²) in [6, 6.07) is 11.0. The van der Waals surface area contributed by atoms with Crippen LogP contribution in [0.4, 0.5) is 13.2 Å². The van der Waals surface area contributed by atoms with Crippen molar-refractivity contribution in [3.63, 3.8) is 0 Å². The monoisotopic (exact) mass is 515 g/mol. The minimum Gasteiger partial charge on any atom is -0.342 e. The average Bonchev–Trinajstić information content (AvgIpc) is 2.78. The van der Waals surface area contributed by atoms with E-state index in [0.29, 0.717) is 37.0 Å². The van der Waals surface area contributed by atoms with E-state index in [1.807, 2.05) is 26.0 Å². The van der Waals surface area contributed by atoms with E-state index in [-0.39, 0.29) is 16.7 Å². The standard InChI is InChI=1S/C25H29ClF3NO3S/c1-23(2,17-8-10-20(26)11-9-17)22(31)30-14-12-18(13-15-30)24(3,4)34(32,33)21-7-5-6-19(16-21)25(27,28)29/h5-11,16,18H,12-15H2,1-4H3. The topological polar surface area (TPSA) is 54.5 Å². The molecule has 4 nitrogen and oxygen atoms in total. The van der Waals surface area contributed by atoms with Crippen molar-refractivity contribution in [2.45, 2.75) is 61.8 Å². The quantitative estimate of drug-likeness (QED) is 0.481. The van der Waals surface area contributed by atoms with E-state index in [9.17, 15) is 26.4 Å². The lowest BCUT2D eigenvalue weighted by molar-refractivity contribution is -0.138. The smallest absolute Gasteiger partial charge is 0.342 e. The number of alkyl halides is 3. The molecule has 0 aliphatic carbocycles. The Bertz CT molecular complexity index is 1150. The largest absolute Gasteiger partial charge is 0.416 e. The van der Waals surface area contributed by atoms with Crippen LogP contribution in [0.25, 0.3) is 0 Å². The fourth-order valence-electron chi connectivity index (χ4n) is 4.53. The van der Waals surface area contributed by atoms with Crippen molar-refractivity contribution in [1.82, 2.24) is 4.90 Å². The second kappa shape index (κ2) is 9.19. The Labute approximate surface area is 204 Å². The van der Waals surface area contributed by atoms with E-state index in [0.717, 1.165) is 17.7 Å². The molecule has 1 heterocycles. The molecule has 0 unspecified atom stereocenters. The molecule has 1 fully saturated rings. The Morgan fingerprint density at radius 1 is 0.941 bits per heavy atom. The lowest BCUT2D eigenvalue weighted by Gasteiger charge is -2.42. The number of benzene rings is 2. The lowest BCUT2D eigenvalue weighted by atomic mass is 9.81. The SMILES string of the molecule is CC(C)(C(=O)N1CCC(C(C)(C)S(=O)(=O)c2cccc(C(F)(F)F)c2)CC1)c1ccc(Cl)cc1. The predicted molar refractivity (Wildman–Crippen MR) is 126 cm³/mol. The van der Waals surface area contributed by atoms with E-state index in [1.165, 1.54) is 6.07 Å². The second-order valence-electron chi connectivity index (χ2n) is 9.83. The van der Waals surface area contributed by atoms with Gasteiger partial charge in [-0.1, -0.05) is 29.8 Å². The number of hydrogen-bond donors (Lipinski definition) is 0. The van der Waals surface area contributed by atoms with Gasteiger partial charge in [0.15, 0.2) is 9.84 Å². The minimum absolute atomic E-state index is 0.0631. The molecule has 0 saturated carbocycles. The van der Waals surface area contributed by atoms with Gasteiger partial charge in [0.25, 0.3) is 0 Å². The molecule has 0 atom stereocenters. The van der Waals surface area contributed by atoms with Crippen LogP contribution in [0.1, 0.15) is 51.7 Å². The molecule has 3 rings (SSSR count). The van der Waals surface area contributed by atoms with Crippen molar-refractivity contribution in [2.24, 2.45) is 5.92 Å². The fourth-order valence-corrected chi connectivity index (χ4v) is 6.47. The zero-order chi connectivity index (χ0) is 25.5. The van der Waals surface area contributed by atoms with Gasteiger partial charge in [-0.25, -0.2) is 8.42 Å². The zero-order valence-corrected chi connectivity index (χ0v) is 21.2. The maximum Gasteiger partial charge on any atom is 0.416 e. The number of nitrogens with zero attached hydrogens (tertiary/aromatic N) is 1. The molecule has 1 aliphatic rings. The molecule has 34 heavy (non-hydrogen) atoms. The maximum absolute atomic E-state index is 13.4. The first-order valence-corrected chi connectivity index (χ1v) is 12.9. The van der Waals surface area contributed by atoms with Gasteiger partial charge in [0.05, 0.1) is 20.6 Å². The number of hydrogen-bond acceptors (Lipinski definition) is 3. The normalized spacial score (nSPS) is 16.5. The average molecular weight is 516 g/mol. The number of amides is 1. The Morgan fingerprint density at radius 2 is 1.50 bits per heavy atom. The van der Waals surface area contributed by atoms with Gasteiger partial charge in [0.2, 0.25) is 5.91 Å². The van der Waals surface area contributed by atoms with Crippen molar-refractivity contribution in [2.75, 3.05) is 13.1 Å². The van der Waals surface area contributed by atoms with Crippen LogP contribution in [0.5, 0.6) is 0 Å². The summed E-state index contributed by atoms with van der Waals surface area (Å²) >= 11 is 5.96. The van der Waals surface area contributed by atoms with Gasteiger partial charge in [0, 0.05) is 18.1 Å². The molecule has 9 heteroatoms. The van der Waals surface area contributed by atoms with Gasteiger partial charge in [-0.05, 0) is 82.3 Å². The summed E-state index contributed by atoms with van der Waals surface area (Å²) in [6.07, 6.45) is -3.75. The van der Waals surface area contributed by atoms with Crippen LogP contribution in [0, 0.1) is 5.92 Å². The molecule has 0 spiro atoms. The number of carbonyl (C=O) groups is 1. The van der Waals surface area contributed by atoms with Crippen LogP contribution < -0.4 is 0 Å². The molecular formula is C25H29ClF3NO3S. The number of halogens is 4. The Kier molecular flexibility index (Phi) is 7.17. The van der Waals surface area contributed by atoms with E-state index in [4.69, 9.17) is 11.6 Å². The number of sulfone groups is 1. The van der Waals surface area contributed by atoms with E-state index >= 15 is 0 Å². The van der Waals surface area contributed by atoms with Gasteiger partial charge < -0.3 is 4.90 Å². The molecule has 0 bridgehead atoms. The molecule has 2 aromatic rings. The molecule has 186 valence electrons. The van der Waals surface area contributed by atoms with E-state index in [1.54, 1.807) is 30.9 Å². The number of likely N-dealkylation sites (tertiary alicyclic amines) is 1. The van der Waals surface area contributed by atoms with Crippen molar-refractivity contribution in [3.8, 4) is 0 Å². The van der Waals surface area contributed by atoms with Gasteiger partial charge in [-0.2, -0.15) is 13.2 Å². The first kappa shape index (κ1) is 26.5. The Hall–Kier alpha value is -2.06. The van der Waals surface area contributed by atoms with Crippen LogP contribution >= 0.6 is 11.6 Å². The van der Waals surface area contributed by atoms with E-state index in [2.05, 4.69) is 0 Å². The predicted octanol–water partition coefficient (Wildman–Crippen LogP) is 6.13. The highest BCUT2D eigenvalue weighted by molar-refractivity contribution is 7.92. The molecule has 0 radical (unpaired) electrons. The molecule has 0 N–H and O–H groups in total. The third-order valence-corrected chi connectivity index (χ3v) is 9.88. The van der Waals surface area contributed by atoms with Crippen LogP contribution in [-0.4, -0.2) is 37.1 Å². The number of carbonyl (C=O) groups excluding carboxylic acids is 1. The minimum atomic E-state index is -4.63. The fraction of sp³-hybridized carbons (Fsp3) is 0.480. The lowest BCUT2D eigenvalue weighted by Crippen LogP contribution is -2.51. The zero-order valence-electron chi connectivity index (χ0n) is 19.6. The summed E-state index contributed by atoms with van der Waals surface area (Å²) in [7, 11) is -4.05. The maximum atomic E-state index is 13.4. The van der Waals surface area contributed by atoms with Gasteiger partial charge in [-0.3, -0.25) is 4.79 Å². The van der Waals surface area contributed by atoms with Gasteiger partial charge >= 0.3 is 6.18 Å². The molecule has 1 saturated heterocycles. The summed E-state index contributed by atoms with van der Waals surface area (Å²) in [5.41, 5.74) is -0.942. The molecular weight excluding hydrogens is 487 g/mol. The summed E-state index contributed by atoms with van der Waals surface area (Å²) in [6.45, 7) is 7.55. The van der Waals surface area contributed by atoms with Gasteiger partial charge in [0.1, 0.15) is 0 Å².